The van der Waals surface area contributed by atoms with E-state index in [1.165, 1.54) is 6.92 Å². The molecular formula is C27H38ClN3O5. The van der Waals surface area contributed by atoms with Crippen molar-refractivity contribution in [3.8, 4) is 11.8 Å². The molecule has 0 saturated carbocycles. The van der Waals surface area contributed by atoms with Crippen LogP contribution in [-0.2, 0) is 22.6 Å². The van der Waals surface area contributed by atoms with Gasteiger partial charge >= 0.3 is 12.1 Å². The number of carbonyl (C=O) groups is 3. The maximum Gasteiger partial charge on any atom is 0.407 e. The van der Waals surface area contributed by atoms with Crippen LogP contribution in [-0.4, -0.2) is 51.7 Å². The molecule has 0 bridgehead atoms. The molecule has 198 valence electrons. The SMILES string of the molecule is CC(C)C#CC(C)(O)C(=O)C1C[C@@H](C)N(C(=O)NCc2cc(Cl)ccc2CNC(=O)OC(C)(C)C)C1. The molecule has 0 radical (unpaired) electrons. The van der Waals surface area contributed by atoms with Gasteiger partial charge in [0.25, 0.3) is 0 Å². The Balaban J connectivity index is 2.02. The van der Waals surface area contributed by atoms with E-state index in [2.05, 4.69) is 22.5 Å². The number of urea groups is 1. The van der Waals surface area contributed by atoms with Gasteiger partial charge in [0, 0.05) is 42.5 Å². The quantitative estimate of drug-likeness (QED) is 0.486. The first-order valence-electron chi connectivity index (χ1n) is 12.2. The molecule has 3 atom stereocenters. The molecule has 2 rings (SSSR count). The normalized spacial score (nSPS) is 19.2. The van der Waals surface area contributed by atoms with Crippen molar-refractivity contribution in [2.45, 2.75) is 85.2 Å². The smallest absolute Gasteiger partial charge is 0.407 e. The number of Topliss-reactive ketones (excluding diaryl/α,β-unsaturated/α-hetero) is 1. The summed E-state index contributed by atoms with van der Waals surface area (Å²) in [5.74, 6) is 4.69. The topological polar surface area (TPSA) is 108 Å². The average molecular weight is 520 g/mol. The van der Waals surface area contributed by atoms with Crippen LogP contribution in [0.1, 0.15) is 66.0 Å². The Morgan fingerprint density at radius 3 is 2.42 bits per heavy atom. The highest BCUT2D eigenvalue weighted by Crippen LogP contribution is 2.27. The van der Waals surface area contributed by atoms with Crippen LogP contribution in [0.25, 0.3) is 0 Å². The Labute approximate surface area is 219 Å². The van der Waals surface area contributed by atoms with E-state index in [1.54, 1.807) is 43.9 Å². The van der Waals surface area contributed by atoms with Crippen molar-refractivity contribution in [3.05, 3.63) is 34.3 Å². The summed E-state index contributed by atoms with van der Waals surface area (Å²) >= 11 is 6.17. The lowest BCUT2D eigenvalue weighted by atomic mass is 9.89. The van der Waals surface area contributed by atoms with E-state index in [0.717, 1.165) is 11.1 Å². The number of nitrogens with zero attached hydrogens (tertiary/aromatic N) is 1. The third-order valence-electron chi connectivity index (χ3n) is 5.71. The van der Waals surface area contributed by atoms with Crippen molar-refractivity contribution in [1.82, 2.24) is 15.5 Å². The zero-order valence-electron chi connectivity index (χ0n) is 22.2. The van der Waals surface area contributed by atoms with E-state index in [0.29, 0.717) is 11.4 Å². The van der Waals surface area contributed by atoms with Crippen molar-refractivity contribution in [2.75, 3.05) is 6.54 Å². The van der Waals surface area contributed by atoms with E-state index in [9.17, 15) is 19.5 Å². The number of carbonyl (C=O) groups excluding carboxylic acids is 3. The lowest BCUT2D eigenvalue weighted by Crippen LogP contribution is -2.43. The summed E-state index contributed by atoms with van der Waals surface area (Å²) in [6.45, 7) is 13.0. The van der Waals surface area contributed by atoms with Gasteiger partial charge in [-0.05, 0) is 64.3 Å². The Bertz CT molecular complexity index is 1040. The zero-order chi connectivity index (χ0) is 27.3. The number of hydrogen-bond acceptors (Lipinski definition) is 5. The Hall–Kier alpha value is -2.76. The van der Waals surface area contributed by atoms with Gasteiger partial charge in [-0.25, -0.2) is 9.59 Å². The minimum absolute atomic E-state index is 0.0322. The maximum atomic E-state index is 13.0. The number of aliphatic hydroxyl groups is 1. The maximum absolute atomic E-state index is 13.0. The standard InChI is InChI=1S/C27H38ClN3O5/c1-17(2)10-11-27(7,35)23(32)21-12-18(3)31(16-21)24(33)29-15-20-13-22(28)9-8-19(20)14-30-25(34)36-26(4,5)6/h8-9,13,17-18,21,35H,12,14-16H2,1-7H3,(H,29,33)(H,30,34)/t18-,21?,27?/m1/s1. The van der Waals surface area contributed by atoms with Crippen LogP contribution in [0.15, 0.2) is 18.2 Å². The minimum atomic E-state index is -1.75. The molecule has 1 aliphatic rings. The van der Waals surface area contributed by atoms with Crippen molar-refractivity contribution in [1.29, 1.82) is 0 Å². The van der Waals surface area contributed by atoms with Crippen molar-refractivity contribution >= 4 is 29.5 Å². The zero-order valence-corrected chi connectivity index (χ0v) is 23.0. The Morgan fingerprint density at radius 1 is 1.17 bits per heavy atom. The van der Waals surface area contributed by atoms with Gasteiger partial charge < -0.3 is 25.4 Å². The number of ether oxygens (including phenoxy) is 1. The molecule has 1 aromatic carbocycles. The second kappa shape index (κ2) is 12.0. The fraction of sp³-hybridized carbons (Fsp3) is 0.593. The van der Waals surface area contributed by atoms with Gasteiger partial charge in [0.05, 0.1) is 0 Å². The van der Waals surface area contributed by atoms with E-state index >= 15 is 0 Å². The predicted octanol–water partition coefficient (Wildman–Crippen LogP) is 4.26. The molecule has 1 aliphatic heterocycles. The molecule has 3 amide bonds. The fourth-order valence-corrected chi connectivity index (χ4v) is 4.13. The largest absolute Gasteiger partial charge is 0.444 e. The second-order valence-electron chi connectivity index (χ2n) is 10.7. The first-order valence-corrected chi connectivity index (χ1v) is 12.5. The Kier molecular flexibility index (Phi) is 9.81. The number of ketones is 1. The van der Waals surface area contributed by atoms with Crippen molar-refractivity contribution < 1.29 is 24.2 Å². The predicted molar refractivity (Wildman–Crippen MR) is 139 cm³/mol. The number of benzene rings is 1. The third-order valence-corrected chi connectivity index (χ3v) is 5.95. The van der Waals surface area contributed by atoms with Gasteiger partial charge in [-0.3, -0.25) is 4.79 Å². The van der Waals surface area contributed by atoms with Gasteiger partial charge in [0.2, 0.25) is 0 Å². The van der Waals surface area contributed by atoms with Gasteiger partial charge in [-0.2, -0.15) is 0 Å². The molecule has 0 spiro atoms. The van der Waals surface area contributed by atoms with Gasteiger partial charge in [0.1, 0.15) is 5.60 Å². The van der Waals surface area contributed by atoms with Crippen LogP contribution in [0.5, 0.6) is 0 Å². The van der Waals surface area contributed by atoms with E-state index in [4.69, 9.17) is 16.3 Å². The number of rotatable bonds is 6. The summed E-state index contributed by atoms with van der Waals surface area (Å²) in [5, 5.41) is 16.7. The summed E-state index contributed by atoms with van der Waals surface area (Å²) < 4.78 is 5.27. The molecule has 1 saturated heterocycles. The van der Waals surface area contributed by atoms with Crippen LogP contribution in [0, 0.1) is 23.7 Å². The molecule has 0 aromatic heterocycles. The lowest BCUT2D eigenvalue weighted by Gasteiger charge is -2.23. The third kappa shape index (κ3) is 8.72. The highest BCUT2D eigenvalue weighted by atomic mass is 35.5. The second-order valence-corrected chi connectivity index (χ2v) is 11.2. The summed E-state index contributed by atoms with van der Waals surface area (Å²) in [4.78, 5) is 39.5. The van der Waals surface area contributed by atoms with Crippen LogP contribution in [0.4, 0.5) is 9.59 Å². The minimum Gasteiger partial charge on any atom is -0.444 e. The van der Waals surface area contributed by atoms with Gasteiger partial charge in [0.15, 0.2) is 11.4 Å². The molecule has 9 heteroatoms. The number of likely N-dealkylation sites (tertiary alicyclic amines) is 1. The Morgan fingerprint density at radius 2 is 1.81 bits per heavy atom. The average Bonchev–Trinajstić information content (AvgIpc) is 3.15. The summed E-state index contributed by atoms with van der Waals surface area (Å²) in [5.41, 5.74) is -0.829. The van der Waals surface area contributed by atoms with Crippen LogP contribution >= 0.6 is 11.6 Å². The molecule has 3 N–H and O–H groups in total. The highest BCUT2D eigenvalue weighted by molar-refractivity contribution is 6.30. The first kappa shape index (κ1) is 29.5. The van der Waals surface area contributed by atoms with Gasteiger partial charge in [-0.1, -0.05) is 43.4 Å². The summed E-state index contributed by atoms with van der Waals surface area (Å²) in [6, 6.07) is 4.73. The fourth-order valence-electron chi connectivity index (χ4n) is 3.93. The molecule has 36 heavy (non-hydrogen) atoms. The number of halogens is 1. The van der Waals surface area contributed by atoms with Crippen LogP contribution in [0.2, 0.25) is 5.02 Å². The lowest BCUT2D eigenvalue weighted by molar-refractivity contribution is -0.134. The van der Waals surface area contributed by atoms with Crippen LogP contribution in [0.3, 0.4) is 0 Å². The van der Waals surface area contributed by atoms with E-state index in [1.807, 2.05) is 20.8 Å². The number of alkyl carbamates (subject to hydrolysis) is 1. The molecule has 1 fully saturated rings. The van der Waals surface area contributed by atoms with E-state index in [-0.39, 0.29) is 43.4 Å². The monoisotopic (exact) mass is 519 g/mol. The molecule has 1 heterocycles. The molecule has 1 aromatic rings. The van der Waals surface area contributed by atoms with Crippen molar-refractivity contribution in [2.24, 2.45) is 11.8 Å². The van der Waals surface area contributed by atoms with Gasteiger partial charge in [-0.15, -0.1) is 0 Å². The molecular weight excluding hydrogens is 482 g/mol. The van der Waals surface area contributed by atoms with Crippen LogP contribution < -0.4 is 10.6 Å². The molecule has 2 unspecified atom stereocenters. The summed E-state index contributed by atoms with van der Waals surface area (Å²) in [6.07, 6.45) is -0.0865. The van der Waals surface area contributed by atoms with Crippen molar-refractivity contribution in [3.63, 3.8) is 0 Å². The molecule has 8 nitrogen and oxygen atoms in total. The van der Waals surface area contributed by atoms with E-state index < -0.39 is 23.2 Å². The summed E-state index contributed by atoms with van der Waals surface area (Å²) in [7, 11) is 0. The molecule has 0 aliphatic carbocycles. The number of hydrogen-bond donors (Lipinski definition) is 3. The number of amides is 3. The highest BCUT2D eigenvalue weighted by Gasteiger charge is 2.42. The first-order chi connectivity index (χ1) is 16.6. The number of nitrogens with one attached hydrogen (secondary N) is 2.